The second-order valence-electron chi connectivity index (χ2n) is 4.15. The molecule has 3 heterocycles. The van der Waals surface area contributed by atoms with Crippen LogP contribution in [0.1, 0.15) is 5.76 Å². The van der Waals surface area contributed by atoms with Crippen LogP contribution in [0.25, 0.3) is 21.1 Å². The Hall–Kier alpha value is -1.32. The average molecular weight is 359 g/mol. The van der Waals surface area contributed by atoms with Gasteiger partial charge in [0.2, 0.25) is 0 Å². The summed E-state index contributed by atoms with van der Waals surface area (Å²) in [5.41, 5.74) is 1.23. The van der Waals surface area contributed by atoms with E-state index in [1.54, 1.807) is 22.7 Å². The van der Waals surface area contributed by atoms with E-state index in [9.17, 15) is 0 Å². The summed E-state index contributed by atoms with van der Waals surface area (Å²) in [4.78, 5) is 2.45. The van der Waals surface area contributed by atoms with Crippen LogP contribution < -0.4 is 18.6 Å². The van der Waals surface area contributed by atoms with E-state index in [0.717, 1.165) is 11.5 Å². The molecule has 0 aliphatic carbocycles. The number of rotatable bonds is 2. The van der Waals surface area contributed by atoms with Gasteiger partial charge in [0.25, 0.3) is 0 Å². The van der Waals surface area contributed by atoms with E-state index in [1.165, 1.54) is 15.3 Å². The van der Waals surface area contributed by atoms with Gasteiger partial charge in [-0.25, -0.2) is 23.1 Å². The van der Waals surface area contributed by atoms with E-state index < -0.39 is 10.2 Å². The van der Waals surface area contributed by atoms with E-state index in [-0.39, 0.29) is 0 Å². The van der Waals surface area contributed by atoms with Gasteiger partial charge in [-0.1, -0.05) is 12.1 Å². The molecule has 3 rings (SSSR count). The molecule has 0 N–H and O–H groups in total. The fourth-order valence-corrected chi connectivity index (χ4v) is 3.15. The highest BCUT2D eigenvalue weighted by Crippen LogP contribution is 2.32. The van der Waals surface area contributed by atoms with Crippen molar-refractivity contribution >= 4 is 22.7 Å². The van der Waals surface area contributed by atoms with E-state index in [4.69, 9.17) is 23.1 Å². The zero-order valence-electron chi connectivity index (χ0n) is 11.4. The Morgan fingerprint density at radius 1 is 0.909 bits per heavy atom. The van der Waals surface area contributed by atoms with Crippen molar-refractivity contribution in [1.29, 1.82) is 0 Å². The first-order valence-electron chi connectivity index (χ1n) is 5.97. The third kappa shape index (κ3) is 5.47. The minimum absolute atomic E-state index is 0.944. The van der Waals surface area contributed by atoms with Gasteiger partial charge in [0.05, 0.1) is 13.0 Å². The zero-order valence-corrected chi connectivity index (χ0v) is 13.7. The maximum Gasteiger partial charge on any atom is 0.370 e. The van der Waals surface area contributed by atoms with Crippen LogP contribution in [-0.4, -0.2) is 0 Å². The molecule has 0 spiro atoms. The lowest BCUT2D eigenvalue weighted by atomic mass is 10.2. The zero-order chi connectivity index (χ0) is 16.2. The fourth-order valence-electron chi connectivity index (χ4n) is 1.76. The quantitative estimate of drug-likeness (QED) is 0.623. The number of thiophene rings is 2. The average Bonchev–Trinajstić information content (AvgIpc) is 3.10. The maximum atomic E-state index is 8.49. The van der Waals surface area contributed by atoms with E-state index >= 15 is 0 Å². The number of halogens is 1. The first-order chi connectivity index (χ1) is 10.3. The lowest BCUT2D eigenvalue weighted by Gasteiger charge is -2.17. The van der Waals surface area contributed by atoms with Crippen molar-refractivity contribution in [1.82, 2.24) is 0 Å². The van der Waals surface area contributed by atoms with E-state index in [0.29, 0.717) is 0 Å². The Morgan fingerprint density at radius 3 is 1.95 bits per heavy atom. The van der Waals surface area contributed by atoms with Crippen molar-refractivity contribution in [2.45, 2.75) is 6.92 Å². The Morgan fingerprint density at radius 2 is 1.45 bits per heavy atom. The van der Waals surface area contributed by atoms with Gasteiger partial charge in [0.15, 0.2) is 0 Å². The van der Waals surface area contributed by atoms with E-state index in [1.807, 2.05) is 13.0 Å². The number of hydrogen-bond acceptors (Lipinski definition) is 6. The Kier molecular flexibility index (Phi) is 5.65. The van der Waals surface area contributed by atoms with E-state index in [2.05, 4.69) is 41.1 Å². The van der Waals surface area contributed by atoms with Crippen LogP contribution in [0, 0.1) is 17.2 Å². The third-order valence-corrected chi connectivity index (χ3v) is 4.29. The van der Waals surface area contributed by atoms with Gasteiger partial charge in [-0.05, 0) is 22.9 Å². The Bertz CT molecular complexity index is 647. The Labute approximate surface area is 137 Å². The largest absolute Gasteiger partial charge is 0.370 e. The van der Waals surface area contributed by atoms with Gasteiger partial charge in [0.1, 0.15) is 4.88 Å². The van der Waals surface area contributed by atoms with Crippen LogP contribution in [0.15, 0.2) is 51.6 Å². The Balaban J connectivity index is 0.000000309. The second kappa shape index (κ2) is 7.30. The van der Waals surface area contributed by atoms with Crippen LogP contribution in [0.4, 0.5) is 0 Å². The molecule has 22 heavy (non-hydrogen) atoms. The van der Waals surface area contributed by atoms with Crippen molar-refractivity contribution in [2.75, 3.05) is 0 Å². The predicted molar refractivity (Wildman–Crippen MR) is 74.5 cm³/mol. The second-order valence-corrected chi connectivity index (χ2v) is 6.80. The first-order valence-corrected chi connectivity index (χ1v) is 8.96. The standard InChI is InChI=1S/C14H11OS2.ClHO4/c1-10-8-11(13-4-2-6-16-13)9-12(15-10)14-5-3-7-17-14;2-1(3,4)5/h2-9H,1H3;(H,2,3,4,5)/q+1;/p-1. The molecule has 0 fully saturated rings. The molecule has 0 amide bonds. The summed E-state index contributed by atoms with van der Waals surface area (Å²) in [5, 5.41) is 4.16. The van der Waals surface area contributed by atoms with Gasteiger partial charge in [-0.2, -0.15) is 0 Å². The highest BCUT2D eigenvalue weighted by molar-refractivity contribution is 7.14. The molecule has 0 aliphatic heterocycles. The van der Waals surface area contributed by atoms with Crippen molar-refractivity contribution in [3.63, 3.8) is 0 Å². The normalized spacial score (nSPS) is 11.0. The molecule has 0 aliphatic rings. The summed E-state index contributed by atoms with van der Waals surface area (Å²) in [6, 6.07) is 12.5. The molecule has 116 valence electrons. The smallest absolute Gasteiger partial charge is 0.222 e. The lowest BCUT2D eigenvalue weighted by Crippen LogP contribution is -2.68. The minimum Gasteiger partial charge on any atom is -0.222 e. The van der Waals surface area contributed by atoms with Crippen LogP contribution >= 0.6 is 22.7 Å². The van der Waals surface area contributed by atoms with Crippen LogP contribution in [-0.2, 0) is 0 Å². The molecule has 0 atom stereocenters. The SMILES string of the molecule is Cc1cc(-c2cccs2)cc(-c2cccs2)[o+]1.[O-][Cl+3]([O-])([O-])[O-]. The highest BCUT2D eigenvalue weighted by atomic mass is 35.7. The number of aryl methyl sites for hydroxylation is 1. The van der Waals surface area contributed by atoms with Crippen LogP contribution in [0.2, 0.25) is 0 Å². The third-order valence-electron chi connectivity index (χ3n) is 2.49. The van der Waals surface area contributed by atoms with Crippen molar-refractivity contribution in [2.24, 2.45) is 0 Å². The van der Waals surface area contributed by atoms with Crippen molar-refractivity contribution in [3.8, 4) is 21.1 Å². The van der Waals surface area contributed by atoms with Crippen molar-refractivity contribution < 1.29 is 33.3 Å². The van der Waals surface area contributed by atoms with Gasteiger partial charge >= 0.3 is 11.5 Å². The molecule has 0 bridgehead atoms. The topological polar surface area (TPSA) is 104 Å². The summed E-state index contributed by atoms with van der Waals surface area (Å²) in [5.74, 6) is 1.89. The van der Waals surface area contributed by atoms with Gasteiger partial charge in [-0.3, -0.25) is 0 Å². The van der Waals surface area contributed by atoms with Crippen molar-refractivity contribution in [3.05, 3.63) is 52.9 Å². The summed E-state index contributed by atoms with van der Waals surface area (Å²) in [6.45, 7) is 1.99. The molecule has 0 saturated carbocycles. The van der Waals surface area contributed by atoms with Gasteiger partial charge in [-0.15, -0.1) is 32.9 Å². The van der Waals surface area contributed by atoms with Crippen LogP contribution in [0.5, 0.6) is 0 Å². The van der Waals surface area contributed by atoms with Gasteiger partial charge in [0, 0.05) is 16.5 Å². The first kappa shape index (κ1) is 17.0. The molecule has 0 saturated heterocycles. The molecular formula is C14H11ClO5S2. The lowest BCUT2D eigenvalue weighted by molar-refractivity contribution is -2.00. The van der Waals surface area contributed by atoms with Crippen LogP contribution in [0.3, 0.4) is 0 Å². The predicted octanol–water partition coefficient (Wildman–Crippen LogP) is 0.570. The maximum absolute atomic E-state index is 8.49. The molecule has 8 heteroatoms. The molecule has 0 radical (unpaired) electrons. The number of hydrogen-bond donors (Lipinski definition) is 0. The molecule has 0 aromatic carbocycles. The molecule has 5 nitrogen and oxygen atoms in total. The fraction of sp³-hybridized carbons (Fsp3) is 0.0714. The molecule has 3 aromatic heterocycles. The van der Waals surface area contributed by atoms with Gasteiger partial charge < -0.3 is 0 Å². The summed E-state index contributed by atoms with van der Waals surface area (Å²) < 4.78 is 39.7. The summed E-state index contributed by atoms with van der Waals surface area (Å²) >= 11 is 3.45. The summed E-state index contributed by atoms with van der Waals surface area (Å²) in [7, 11) is -4.94. The molecule has 0 unspecified atom stereocenters. The molecule has 3 aromatic rings. The highest BCUT2D eigenvalue weighted by Gasteiger charge is 2.17. The monoisotopic (exact) mass is 358 g/mol. The summed E-state index contributed by atoms with van der Waals surface area (Å²) in [6.07, 6.45) is 0. The minimum atomic E-state index is -4.94. The molecular weight excluding hydrogens is 348 g/mol.